The van der Waals surface area contributed by atoms with E-state index in [2.05, 4.69) is 20.1 Å². The lowest BCUT2D eigenvalue weighted by Gasteiger charge is -2.26. The van der Waals surface area contributed by atoms with Crippen molar-refractivity contribution in [2.24, 2.45) is 0 Å². The Morgan fingerprint density at radius 1 is 1.18 bits per heavy atom. The Kier molecular flexibility index (Phi) is 4.88. The molecule has 6 nitrogen and oxygen atoms in total. The van der Waals surface area contributed by atoms with E-state index in [9.17, 15) is 9.59 Å². The van der Waals surface area contributed by atoms with E-state index in [0.717, 1.165) is 35.1 Å². The number of likely N-dealkylation sites (N-methyl/N-ethyl adjacent to an activating group) is 1. The summed E-state index contributed by atoms with van der Waals surface area (Å²) in [5.41, 5.74) is 3.49. The first kappa shape index (κ1) is 18.3. The summed E-state index contributed by atoms with van der Waals surface area (Å²) < 4.78 is 2.10. The molecule has 1 unspecified atom stereocenters. The van der Waals surface area contributed by atoms with Crippen LogP contribution in [0.5, 0.6) is 0 Å². The van der Waals surface area contributed by atoms with Crippen LogP contribution in [-0.2, 0) is 17.9 Å². The molecule has 2 heterocycles. The molecule has 1 aromatic heterocycles. The van der Waals surface area contributed by atoms with Crippen LogP contribution >= 0.6 is 0 Å². The lowest BCUT2D eigenvalue weighted by atomic mass is 9.96. The number of benzene rings is 2. The van der Waals surface area contributed by atoms with Crippen molar-refractivity contribution < 1.29 is 9.59 Å². The number of carbonyl (C=O) groups is 2. The highest BCUT2D eigenvalue weighted by Gasteiger charge is 2.29. The quantitative estimate of drug-likeness (QED) is 0.718. The maximum absolute atomic E-state index is 13.1. The zero-order chi connectivity index (χ0) is 19.7. The van der Waals surface area contributed by atoms with Crippen molar-refractivity contribution in [3.05, 3.63) is 71.4 Å². The van der Waals surface area contributed by atoms with Gasteiger partial charge in [0.15, 0.2) is 0 Å². The predicted molar refractivity (Wildman–Crippen MR) is 109 cm³/mol. The van der Waals surface area contributed by atoms with Crippen LogP contribution in [0.15, 0.2) is 54.7 Å². The van der Waals surface area contributed by atoms with Gasteiger partial charge in [0.25, 0.3) is 5.91 Å². The number of para-hydroxylation sites is 1. The van der Waals surface area contributed by atoms with E-state index in [4.69, 9.17) is 0 Å². The van der Waals surface area contributed by atoms with Crippen molar-refractivity contribution in [3.63, 3.8) is 0 Å². The van der Waals surface area contributed by atoms with Crippen LogP contribution in [0.1, 0.15) is 27.5 Å². The topological polar surface area (TPSA) is 66.4 Å². The van der Waals surface area contributed by atoms with Gasteiger partial charge in [-0.1, -0.05) is 42.5 Å². The van der Waals surface area contributed by atoms with Crippen LogP contribution in [0.25, 0.3) is 10.9 Å². The van der Waals surface area contributed by atoms with Crippen molar-refractivity contribution in [1.82, 2.24) is 20.1 Å². The number of fused-ring (bicyclic) bond motifs is 2. The third kappa shape index (κ3) is 3.39. The predicted octanol–water partition coefficient (Wildman–Crippen LogP) is 2.30. The van der Waals surface area contributed by atoms with Gasteiger partial charge in [-0.15, -0.1) is 0 Å². The van der Waals surface area contributed by atoms with Crippen LogP contribution < -0.4 is 10.6 Å². The van der Waals surface area contributed by atoms with Crippen molar-refractivity contribution in [2.75, 3.05) is 20.6 Å². The Hall–Kier alpha value is -3.12. The number of amides is 2. The molecule has 6 heteroatoms. The Morgan fingerprint density at radius 3 is 2.75 bits per heavy atom. The molecule has 0 fully saturated rings. The van der Waals surface area contributed by atoms with Crippen LogP contribution in [0, 0.1) is 0 Å². The Morgan fingerprint density at radius 2 is 1.93 bits per heavy atom. The fourth-order valence-electron chi connectivity index (χ4n) is 3.68. The SMILES string of the molecule is CN(C)CCn1cc(C(=O)NC2C(=O)NCc3ccccc32)c2ccccc21. The average Bonchev–Trinajstić information content (AvgIpc) is 3.07. The lowest BCUT2D eigenvalue weighted by Crippen LogP contribution is -2.43. The molecule has 3 aromatic rings. The van der Waals surface area contributed by atoms with Gasteiger partial charge in [0, 0.05) is 36.7 Å². The number of nitrogens with zero attached hydrogens (tertiary/aromatic N) is 2. The molecule has 4 rings (SSSR count). The molecule has 0 aliphatic carbocycles. The largest absolute Gasteiger partial charge is 0.350 e. The summed E-state index contributed by atoms with van der Waals surface area (Å²) >= 11 is 0. The van der Waals surface area contributed by atoms with Gasteiger partial charge in [-0.2, -0.15) is 0 Å². The van der Waals surface area contributed by atoms with Crippen LogP contribution in [0.3, 0.4) is 0 Å². The normalized spacial score (nSPS) is 16.1. The second-order valence-electron chi connectivity index (χ2n) is 7.38. The summed E-state index contributed by atoms with van der Waals surface area (Å²) in [4.78, 5) is 27.7. The number of hydrogen-bond donors (Lipinski definition) is 2. The highest BCUT2D eigenvalue weighted by molar-refractivity contribution is 6.08. The Balaban J connectivity index is 1.66. The second kappa shape index (κ2) is 7.48. The van der Waals surface area contributed by atoms with Crippen LogP contribution in [0.2, 0.25) is 0 Å². The maximum atomic E-state index is 13.1. The van der Waals surface area contributed by atoms with Gasteiger partial charge < -0.3 is 20.1 Å². The van der Waals surface area contributed by atoms with Gasteiger partial charge in [0.2, 0.25) is 5.91 Å². The number of hydrogen-bond acceptors (Lipinski definition) is 3. The molecule has 2 N–H and O–H groups in total. The van der Waals surface area contributed by atoms with Gasteiger partial charge >= 0.3 is 0 Å². The van der Waals surface area contributed by atoms with Crippen molar-refractivity contribution in [1.29, 1.82) is 0 Å². The number of aromatic nitrogens is 1. The Bertz CT molecular complexity index is 1040. The third-order valence-corrected chi connectivity index (χ3v) is 5.18. The molecule has 1 aliphatic heterocycles. The summed E-state index contributed by atoms with van der Waals surface area (Å²) in [6.45, 7) is 2.15. The van der Waals surface area contributed by atoms with Crippen LogP contribution in [0.4, 0.5) is 0 Å². The summed E-state index contributed by atoms with van der Waals surface area (Å²) in [5.74, 6) is -0.417. The van der Waals surface area contributed by atoms with Crippen molar-refractivity contribution in [3.8, 4) is 0 Å². The summed E-state index contributed by atoms with van der Waals surface area (Å²) in [5, 5.41) is 6.68. The third-order valence-electron chi connectivity index (χ3n) is 5.18. The first-order valence-electron chi connectivity index (χ1n) is 9.43. The molecule has 0 saturated carbocycles. The summed E-state index contributed by atoms with van der Waals surface area (Å²) in [6, 6.07) is 14.9. The molecule has 0 bridgehead atoms. The van der Waals surface area contributed by atoms with E-state index >= 15 is 0 Å². The molecule has 1 atom stereocenters. The van der Waals surface area contributed by atoms with E-state index in [-0.39, 0.29) is 11.8 Å². The molecule has 0 radical (unpaired) electrons. The number of carbonyl (C=O) groups excluding carboxylic acids is 2. The molecule has 0 saturated heterocycles. The van der Waals surface area contributed by atoms with Gasteiger partial charge in [-0.25, -0.2) is 0 Å². The van der Waals surface area contributed by atoms with E-state index in [1.165, 1.54) is 0 Å². The summed E-state index contributed by atoms with van der Waals surface area (Å²) in [7, 11) is 4.05. The minimum atomic E-state index is -0.679. The molecule has 28 heavy (non-hydrogen) atoms. The highest BCUT2D eigenvalue weighted by Crippen LogP contribution is 2.25. The summed E-state index contributed by atoms with van der Waals surface area (Å²) in [6.07, 6.45) is 1.89. The first-order chi connectivity index (χ1) is 13.5. The van der Waals surface area contributed by atoms with Gasteiger partial charge in [-0.05, 0) is 31.3 Å². The smallest absolute Gasteiger partial charge is 0.254 e. The van der Waals surface area contributed by atoms with Crippen LogP contribution in [-0.4, -0.2) is 41.9 Å². The minimum absolute atomic E-state index is 0.177. The van der Waals surface area contributed by atoms with E-state index in [1.807, 2.05) is 68.8 Å². The average molecular weight is 376 g/mol. The number of nitrogens with one attached hydrogen (secondary N) is 2. The molecule has 2 amide bonds. The van der Waals surface area contributed by atoms with Crippen molar-refractivity contribution >= 4 is 22.7 Å². The number of rotatable bonds is 5. The second-order valence-corrected chi connectivity index (χ2v) is 7.38. The Labute approximate surface area is 164 Å². The molecule has 1 aliphatic rings. The highest BCUT2D eigenvalue weighted by atomic mass is 16.2. The molecule has 2 aromatic carbocycles. The fraction of sp³-hybridized carbons (Fsp3) is 0.273. The minimum Gasteiger partial charge on any atom is -0.350 e. The lowest BCUT2D eigenvalue weighted by molar-refractivity contribution is -0.123. The first-order valence-corrected chi connectivity index (χ1v) is 9.43. The molecular formula is C22H24N4O2. The molecular weight excluding hydrogens is 352 g/mol. The monoisotopic (exact) mass is 376 g/mol. The zero-order valence-electron chi connectivity index (χ0n) is 16.1. The molecule has 144 valence electrons. The van der Waals surface area contributed by atoms with E-state index in [0.29, 0.717) is 12.1 Å². The fourth-order valence-corrected chi connectivity index (χ4v) is 3.68. The van der Waals surface area contributed by atoms with E-state index in [1.54, 1.807) is 0 Å². The van der Waals surface area contributed by atoms with Gasteiger partial charge in [-0.3, -0.25) is 9.59 Å². The van der Waals surface area contributed by atoms with Crippen molar-refractivity contribution in [2.45, 2.75) is 19.1 Å². The van der Waals surface area contributed by atoms with Gasteiger partial charge in [0.1, 0.15) is 6.04 Å². The standard InChI is InChI=1S/C22H24N4O2/c1-25(2)11-12-26-14-18(17-9-5-6-10-19(17)26)21(27)24-20-16-8-4-3-7-15(16)13-23-22(20)28/h3-10,14,20H,11-13H2,1-2H3,(H,23,28)(H,24,27). The van der Waals surface area contributed by atoms with Gasteiger partial charge in [0.05, 0.1) is 5.56 Å². The maximum Gasteiger partial charge on any atom is 0.254 e. The van der Waals surface area contributed by atoms with E-state index < -0.39 is 6.04 Å². The zero-order valence-corrected chi connectivity index (χ0v) is 16.1. The molecule has 0 spiro atoms.